The van der Waals surface area contributed by atoms with Crippen LogP contribution in [0.15, 0.2) is 4.52 Å². The molecule has 2 aliphatic rings. The molecule has 1 N–H and O–H groups in total. The van der Waals surface area contributed by atoms with Crippen molar-refractivity contribution in [3.63, 3.8) is 0 Å². The smallest absolute Gasteiger partial charge is 0.243 e. The van der Waals surface area contributed by atoms with Crippen LogP contribution in [0.4, 0.5) is 0 Å². The summed E-state index contributed by atoms with van der Waals surface area (Å²) in [6.07, 6.45) is 5.53. The summed E-state index contributed by atoms with van der Waals surface area (Å²) in [5.74, 6) is 1.42. The number of hydrogen-bond acceptors (Lipinski definition) is 5. The van der Waals surface area contributed by atoms with E-state index in [0.717, 1.165) is 32.4 Å². The van der Waals surface area contributed by atoms with Crippen molar-refractivity contribution < 1.29 is 9.26 Å². The first kappa shape index (κ1) is 11.2. The van der Waals surface area contributed by atoms with Gasteiger partial charge in [0.2, 0.25) is 11.7 Å². The summed E-state index contributed by atoms with van der Waals surface area (Å²) in [5, 5.41) is 7.47. The van der Waals surface area contributed by atoms with Crippen molar-refractivity contribution in [1.29, 1.82) is 0 Å². The minimum absolute atomic E-state index is 0.239. The van der Waals surface area contributed by atoms with Gasteiger partial charge in [-0.3, -0.25) is 0 Å². The molecule has 2 saturated heterocycles. The highest BCUT2D eigenvalue weighted by molar-refractivity contribution is 5.03. The molecule has 1 aromatic heterocycles. The Hall–Kier alpha value is -0.940. The normalized spacial score (nSPS) is 34.1. The molecule has 17 heavy (non-hydrogen) atoms. The largest absolute Gasteiger partial charge is 0.367 e. The standard InChI is InChI=1S/C12H19N3O2/c1-12(6-2-3-8-16-12)11-14-10(17-15-11)9-5-4-7-13-9/h9,13H,2-8H2,1H3/t9-,12?/m0/s1. The second-order valence-electron chi connectivity index (χ2n) is 5.14. The number of nitrogens with zero attached hydrogens (tertiary/aromatic N) is 2. The third-order valence-electron chi connectivity index (χ3n) is 3.74. The van der Waals surface area contributed by atoms with E-state index < -0.39 is 0 Å². The van der Waals surface area contributed by atoms with Gasteiger partial charge in [0.1, 0.15) is 5.60 Å². The molecular formula is C12H19N3O2. The highest BCUT2D eigenvalue weighted by atomic mass is 16.5. The maximum atomic E-state index is 5.82. The van der Waals surface area contributed by atoms with Gasteiger partial charge in [0.15, 0.2) is 0 Å². The molecule has 0 radical (unpaired) electrons. The van der Waals surface area contributed by atoms with E-state index in [9.17, 15) is 0 Å². The highest BCUT2D eigenvalue weighted by Gasteiger charge is 2.36. The lowest BCUT2D eigenvalue weighted by atomic mass is 9.95. The summed E-state index contributed by atoms with van der Waals surface area (Å²) in [5.41, 5.74) is -0.349. The van der Waals surface area contributed by atoms with E-state index in [2.05, 4.69) is 22.4 Å². The van der Waals surface area contributed by atoms with E-state index in [1.54, 1.807) is 0 Å². The predicted octanol–water partition coefficient (Wildman–Crippen LogP) is 1.91. The maximum Gasteiger partial charge on any atom is 0.243 e. The van der Waals surface area contributed by atoms with Crippen molar-refractivity contribution in [3.05, 3.63) is 11.7 Å². The predicted molar refractivity (Wildman–Crippen MR) is 61.4 cm³/mol. The molecule has 2 atom stereocenters. The van der Waals surface area contributed by atoms with E-state index in [0.29, 0.717) is 11.7 Å². The molecule has 2 aliphatic heterocycles. The van der Waals surface area contributed by atoms with Gasteiger partial charge in [-0.15, -0.1) is 0 Å². The third kappa shape index (κ3) is 2.09. The van der Waals surface area contributed by atoms with Crippen LogP contribution < -0.4 is 5.32 Å². The molecule has 5 nitrogen and oxygen atoms in total. The fraction of sp³-hybridized carbons (Fsp3) is 0.833. The van der Waals surface area contributed by atoms with E-state index in [1.165, 1.54) is 12.8 Å². The first-order valence-corrected chi connectivity index (χ1v) is 6.49. The van der Waals surface area contributed by atoms with Crippen LogP contribution in [0.1, 0.15) is 56.8 Å². The second kappa shape index (κ2) is 4.38. The number of nitrogens with one attached hydrogen (secondary N) is 1. The Balaban J connectivity index is 1.78. The van der Waals surface area contributed by atoms with Crippen LogP contribution in [0.5, 0.6) is 0 Å². The zero-order valence-corrected chi connectivity index (χ0v) is 10.2. The van der Waals surface area contributed by atoms with E-state index >= 15 is 0 Å². The van der Waals surface area contributed by atoms with Crippen LogP contribution in [-0.4, -0.2) is 23.3 Å². The monoisotopic (exact) mass is 237 g/mol. The van der Waals surface area contributed by atoms with E-state index in [-0.39, 0.29) is 11.6 Å². The Morgan fingerprint density at radius 1 is 1.35 bits per heavy atom. The fourth-order valence-electron chi connectivity index (χ4n) is 2.60. The van der Waals surface area contributed by atoms with Gasteiger partial charge in [-0.2, -0.15) is 4.98 Å². The number of aromatic nitrogens is 2. The Morgan fingerprint density at radius 2 is 2.29 bits per heavy atom. The number of ether oxygens (including phenoxy) is 1. The topological polar surface area (TPSA) is 60.2 Å². The van der Waals surface area contributed by atoms with Crippen molar-refractivity contribution in [2.24, 2.45) is 0 Å². The molecule has 0 aromatic carbocycles. The quantitative estimate of drug-likeness (QED) is 0.851. The summed E-state index contributed by atoms with van der Waals surface area (Å²) in [6, 6.07) is 0.239. The molecule has 0 aliphatic carbocycles. The molecule has 1 unspecified atom stereocenters. The van der Waals surface area contributed by atoms with Crippen molar-refractivity contribution in [1.82, 2.24) is 15.5 Å². The highest BCUT2D eigenvalue weighted by Crippen LogP contribution is 2.33. The van der Waals surface area contributed by atoms with Crippen molar-refractivity contribution >= 4 is 0 Å². The Kier molecular flexibility index (Phi) is 2.88. The van der Waals surface area contributed by atoms with Crippen molar-refractivity contribution in [2.45, 2.75) is 50.7 Å². The Labute approximate surface area is 101 Å². The van der Waals surface area contributed by atoms with Gasteiger partial charge in [-0.25, -0.2) is 0 Å². The van der Waals surface area contributed by atoms with E-state index in [1.807, 2.05) is 0 Å². The lowest BCUT2D eigenvalue weighted by molar-refractivity contribution is -0.0770. The molecule has 94 valence electrons. The van der Waals surface area contributed by atoms with Crippen LogP contribution in [0, 0.1) is 0 Å². The van der Waals surface area contributed by atoms with Gasteiger partial charge in [0, 0.05) is 6.61 Å². The minimum Gasteiger partial charge on any atom is -0.367 e. The zero-order valence-electron chi connectivity index (χ0n) is 10.2. The molecule has 2 fully saturated rings. The second-order valence-corrected chi connectivity index (χ2v) is 5.14. The maximum absolute atomic E-state index is 5.82. The Bertz CT molecular complexity index is 379. The molecule has 1 aromatic rings. The van der Waals surface area contributed by atoms with Crippen LogP contribution in [-0.2, 0) is 10.3 Å². The summed E-state index contributed by atoms with van der Waals surface area (Å²) < 4.78 is 11.2. The molecule has 3 rings (SSSR count). The first-order chi connectivity index (χ1) is 8.28. The fourth-order valence-corrected chi connectivity index (χ4v) is 2.60. The van der Waals surface area contributed by atoms with Crippen LogP contribution in [0.2, 0.25) is 0 Å². The third-order valence-corrected chi connectivity index (χ3v) is 3.74. The summed E-state index contributed by atoms with van der Waals surface area (Å²) >= 11 is 0. The van der Waals surface area contributed by atoms with Gasteiger partial charge in [0.25, 0.3) is 0 Å². The summed E-state index contributed by atoms with van der Waals surface area (Å²) in [7, 11) is 0. The molecule has 0 bridgehead atoms. The van der Waals surface area contributed by atoms with Crippen LogP contribution in [0.25, 0.3) is 0 Å². The van der Waals surface area contributed by atoms with Gasteiger partial charge >= 0.3 is 0 Å². The molecule has 3 heterocycles. The summed E-state index contributed by atoms with van der Waals surface area (Å²) in [4.78, 5) is 4.52. The molecule has 0 saturated carbocycles. The van der Waals surface area contributed by atoms with Gasteiger partial charge in [-0.1, -0.05) is 5.16 Å². The SMILES string of the molecule is CC1(c2noc([C@@H]3CCCN3)n2)CCCCO1. The zero-order chi connectivity index (χ0) is 11.7. The van der Waals surface area contributed by atoms with Gasteiger partial charge in [-0.05, 0) is 45.6 Å². The number of rotatable bonds is 2. The van der Waals surface area contributed by atoms with Crippen LogP contribution >= 0.6 is 0 Å². The first-order valence-electron chi connectivity index (χ1n) is 6.49. The lowest BCUT2D eigenvalue weighted by Crippen LogP contribution is -2.31. The van der Waals surface area contributed by atoms with Crippen molar-refractivity contribution in [3.8, 4) is 0 Å². The molecular weight excluding hydrogens is 218 g/mol. The lowest BCUT2D eigenvalue weighted by Gasteiger charge is -2.30. The molecule has 0 spiro atoms. The average molecular weight is 237 g/mol. The Morgan fingerprint density at radius 3 is 3.00 bits per heavy atom. The van der Waals surface area contributed by atoms with Gasteiger partial charge in [0.05, 0.1) is 6.04 Å². The van der Waals surface area contributed by atoms with Crippen LogP contribution in [0.3, 0.4) is 0 Å². The van der Waals surface area contributed by atoms with Crippen molar-refractivity contribution in [2.75, 3.05) is 13.2 Å². The number of hydrogen-bond donors (Lipinski definition) is 1. The molecule has 5 heteroatoms. The minimum atomic E-state index is -0.349. The molecule has 0 amide bonds. The van der Waals surface area contributed by atoms with Gasteiger partial charge < -0.3 is 14.6 Å². The summed E-state index contributed by atoms with van der Waals surface area (Å²) in [6.45, 7) is 3.89. The van der Waals surface area contributed by atoms with E-state index in [4.69, 9.17) is 9.26 Å². The average Bonchev–Trinajstić information content (AvgIpc) is 3.01.